The van der Waals surface area contributed by atoms with Gasteiger partial charge in [0.05, 0.1) is 0 Å². The van der Waals surface area contributed by atoms with Crippen molar-refractivity contribution in [3.63, 3.8) is 0 Å². The smallest absolute Gasteiger partial charge is 0.0300 e. The summed E-state index contributed by atoms with van der Waals surface area (Å²) in [5, 5.41) is 0.924. The minimum absolute atomic E-state index is 0. The van der Waals surface area contributed by atoms with Gasteiger partial charge < -0.3 is 0 Å². The van der Waals surface area contributed by atoms with E-state index in [1.165, 1.54) is 16.7 Å². The highest BCUT2D eigenvalue weighted by molar-refractivity contribution is 9.08. The van der Waals surface area contributed by atoms with Crippen LogP contribution >= 0.6 is 32.9 Å². The molecule has 11 heavy (non-hydrogen) atoms. The molecule has 0 unspecified atom stereocenters. The lowest BCUT2D eigenvalue weighted by Gasteiger charge is -2.03. The summed E-state index contributed by atoms with van der Waals surface area (Å²) in [6, 6.07) is 0. The molecule has 0 saturated carbocycles. The van der Waals surface area contributed by atoms with Gasteiger partial charge in [0, 0.05) is 17.7 Å². The zero-order chi connectivity index (χ0) is 7.56. The van der Waals surface area contributed by atoms with Crippen LogP contribution in [0.15, 0.2) is 12.4 Å². The minimum Gasteiger partial charge on any atom is -0.264 e. The molecule has 1 nitrogen and oxygen atoms in total. The molecule has 0 N–H and O–H groups in total. The summed E-state index contributed by atoms with van der Waals surface area (Å²) in [6.07, 6.45) is 3.78. The predicted molar refractivity (Wildman–Crippen MR) is 56.7 cm³/mol. The summed E-state index contributed by atoms with van der Waals surface area (Å²) in [5.74, 6) is 0. The molecule has 3 heteroatoms. The first kappa shape index (κ1) is 11.1. The summed E-state index contributed by atoms with van der Waals surface area (Å²) in [5.41, 5.74) is 3.88. The molecule has 0 aliphatic carbocycles. The van der Waals surface area contributed by atoms with Crippen LogP contribution in [0.25, 0.3) is 0 Å². The molecular formula is C8H11Br2N. The highest BCUT2D eigenvalue weighted by Crippen LogP contribution is 2.14. The van der Waals surface area contributed by atoms with E-state index in [1.807, 2.05) is 12.4 Å². The van der Waals surface area contributed by atoms with Crippen LogP contribution in [0.4, 0.5) is 0 Å². The summed E-state index contributed by atoms with van der Waals surface area (Å²) < 4.78 is 0. The lowest BCUT2D eigenvalue weighted by Crippen LogP contribution is -1.90. The second-order valence-electron chi connectivity index (χ2n) is 2.39. The van der Waals surface area contributed by atoms with Gasteiger partial charge in [0.1, 0.15) is 0 Å². The van der Waals surface area contributed by atoms with Gasteiger partial charge >= 0.3 is 0 Å². The Hall–Kier alpha value is 0.110. The average Bonchev–Trinajstić information content (AvgIpc) is 1.88. The zero-order valence-electron chi connectivity index (χ0n) is 6.60. The molecule has 0 aromatic carbocycles. The van der Waals surface area contributed by atoms with Gasteiger partial charge in [0.2, 0.25) is 0 Å². The number of pyridine rings is 1. The molecule has 0 bridgehead atoms. The van der Waals surface area contributed by atoms with Gasteiger partial charge in [-0.1, -0.05) is 15.9 Å². The van der Waals surface area contributed by atoms with E-state index < -0.39 is 0 Å². The van der Waals surface area contributed by atoms with Crippen molar-refractivity contribution in [2.75, 3.05) is 0 Å². The van der Waals surface area contributed by atoms with Crippen LogP contribution in [0.5, 0.6) is 0 Å². The van der Waals surface area contributed by atoms with E-state index in [-0.39, 0.29) is 17.0 Å². The molecule has 0 aliphatic rings. The number of alkyl halides is 1. The maximum absolute atomic E-state index is 4.07. The first-order chi connectivity index (χ1) is 4.75. The quantitative estimate of drug-likeness (QED) is 0.720. The topological polar surface area (TPSA) is 12.9 Å². The van der Waals surface area contributed by atoms with Crippen LogP contribution in [0.2, 0.25) is 0 Å². The van der Waals surface area contributed by atoms with Gasteiger partial charge in [0.15, 0.2) is 0 Å². The van der Waals surface area contributed by atoms with Crippen molar-refractivity contribution in [1.29, 1.82) is 0 Å². The molecule has 1 heterocycles. The van der Waals surface area contributed by atoms with Gasteiger partial charge in [-0.15, -0.1) is 17.0 Å². The van der Waals surface area contributed by atoms with Crippen molar-refractivity contribution in [1.82, 2.24) is 4.98 Å². The second kappa shape index (κ2) is 4.88. The zero-order valence-corrected chi connectivity index (χ0v) is 9.89. The summed E-state index contributed by atoms with van der Waals surface area (Å²) in [7, 11) is 0. The molecule has 1 rings (SSSR count). The van der Waals surface area contributed by atoms with Crippen LogP contribution in [0.3, 0.4) is 0 Å². The number of rotatable bonds is 1. The molecule has 0 saturated heterocycles. The first-order valence-corrected chi connectivity index (χ1v) is 4.34. The number of nitrogens with zero attached hydrogens (tertiary/aromatic N) is 1. The monoisotopic (exact) mass is 279 g/mol. The Morgan fingerprint density at radius 2 is 1.73 bits per heavy atom. The molecule has 0 radical (unpaired) electrons. The maximum Gasteiger partial charge on any atom is 0.0300 e. The van der Waals surface area contributed by atoms with E-state index in [2.05, 4.69) is 34.8 Å². The van der Waals surface area contributed by atoms with Crippen molar-refractivity contribution in [3.05, 3.63) is 29.1 Å². The molecule has 0 amide bonds. The number of hydrogen-bond donors (Lipinski definition) is 0. The largest absolute Gasteiger partial charge is 0.264 e. The Balaban J connectivity index is 0.000001000. The van der Waals surface area contributed by atoms with Crippen molar-refractivity contribution in [2.24, 2.45) is 0 Å². The molecule has 0 atom stereocenters. The fraction of sp³-hybridized carbons (Fsp3) is 0.375. The van der Waals surface area contributed by atoms with E-state index in [1.54, 1.807) is 0 Å². The van der Waals surface area contributed by atoms with Crippen LogP contribution < -0.4 is 0 Å². The van der Waals surface area contributed by atoms with Gasteiger partial charge in [-0.05, 0) is 30.5 Å². The fourth-order valence-electron chi connectivity index (χ4n) is 0.938. The SMILES string of the molecule is Br.Cc1cncc(C)c1CBr. The summed E-state index contributed by atoms with van der Waals surface area (Å²) in [6.45, 7) is 4.16. The van der Waals surface area contributed by atoms with Crippen LogP contribution in [0, 0.1) is 13.8 Å². The molecular weight excluding hydrogens is 270 g/mol. The van der Waals surface area contributed by atoms with Crippen LogP contribution in [-0.2, 0) is 5.33 Å². The van der Waals surface area contributed by atoms with Gasteiger partial charge in [-0.3, -0.25) is 4.98 Å². The average molecular weight is 281 g/mol. The molecule has 1 aromatic rings. The maximum atomic E-state index is 4.07. The second-order valence-corrected chi connectivity index (χ2v) is 2.95. The third-order valence-electron chi connectivity index (χ3n) is 1.62. The third-order valence-corrected chi connectivity index (χ3v) is 2.18. The summed E-state index contributed by atoms with van der Waals surface area (Å²) >= 11 is 3.43. The Morgan fingerprint density at radius 3 is 2.00 bits per heavy atom. The lowest BCUT2D eigenvalue weighted by atomic mass is 10.1. The Morgan fingerprint density at radius 1 is 1.27 bits per heavy atom. The number of aryl methyl sites for hydroxylation is 2. The van der Waals surface area contributed by atoms with Crippen molar-refractivity contribution in [2.45, 2.75) is 19.2 Å². The van der Waals surface area contributed by atoms with Gasteiger partial charge in [0.25, 0.3) is 0 Å². The molecule has 1 aromatic heterocycles. The van der Waals surface area contributed by atoms with E-state index in [4.69, 9.17) is 0 Å². The number of hydrogen-bond acceptors (Lipinski definition) is 1. The normalized spacial score (nSPS) is 9.00. The molecule has 62 valence electrons. The minimum atomic E-state index is 0. The van der Waals surface area contributed by atoms with Gasteiger partial charge in [-0.25, -0.2) is 0 Å². The predicted octanol–water partition coefficient (Wildman–Crippen LogP) is 3.17. The van der Waals surface area contributed by atoms with Crippen LogP contribution in [0.1, 0.15) is 16.7 Å². The van der Waals surface area contributed by atoms with E-state index in [9.17, 15) is 0 Å². The van der Waals surface area contributed by atoms with Crippen molar-refractivity contribution in [3.8, 4) is 0 Å². The number of aromatic nitrogens is 1. The Bertz CT molecular complexity index is 215. The van der Waals surface area contributed by atoms with Crippen LogP contribution in [-0.4, -0.2) is 4.98 Å². The highest BCUT2D eigenvalue weighted by atomic mass is 79.9. The standard InChI is InChI=1S/C8H10BrN.BrH/c1-6-4-10-5-7(2)8(6)3-9;/h4-5H,3H2,1-2H3;1H. The Labute approximate surface area is 86.1 Å². The fourth-order valence-corrected chi connectivity index (χ4v) is 1.82. The molecule has 0 spiro atoms. The molecule has 0 aliphatic heterocycles. The van der Waals surface area contributed by atoms with Crippen molar-refractivity contribution < 1.29 is 0 Å². The molecule has 0 fully saturated rings. The highest BCUT2D eigenvalue weighted by Gasteiger charge is 1.98. The Kier molecular flexibility index (Phi) is 4.93. The van der Waals surface area contributed by atoms with Crippen molar-refractivity contribution >= 4 is 32.9 Å². The van der Waals surface area contributed by atoms with E-state index in [0.29, 0.717) is 0 Å². The first-order valence-electron chi connectivity index (χ1n) is 3.21. The summed E-state index contributed by atoms with van der Waals surface area (Å²) in [4.78, 5) is 4.07. The third kappa shape index (κ3) is 2.56. The lowest BCUT2D eigenvalue weighted by molar-refractivity contribution is 1.15. The van der Waals surface area contributed by atoms with Gasteiger partial charge in [-0.2, -0.15) is 0 Å². The van der Waals surface area contributed by atoms with E-state index in [0.717, 1.165) is 5.33 Å². The number of halogens is 2. The van der Waals surface area contributed by atoms with E-state index >= 15 is 0 Å².